The van der Waals surface area contributed by atoms with Crippen LogP contribution in [0.15, 0.2) is 42.5 Å². The smallest absolute Gasteiger partial charge is 0.193 e. The van der Waals surface area contributed by atoms with E-state index in [1.165, 1.54) is 0 Å². The lowest BCUT2D eigenvalue weighted by atomic mass is 10.0. The van der Waals surface area contributed by atoms with Crippen molar-refractivity contribution in [2.24, 2.45) is 0 Å². The number of nitrogens with two attached hydrogens (primary N) is 1. The number of carbonyl (C=O) groups is 1. The van der Waals surface area contributed by atoms with Gasteiger partial charge in [-0.15, -0.1) is 0 Å². The Labute approximate surface area is 113 Å². The van der Waals surface area contributed by atoms with Gasteiger partial charge in [0.05, 0.1) is 6.61 Å². The third kappa shape index (κ3) is 2.94. The van der Waals surface area contributed by atoms with Crippen LogP contribution in [0.3, 0.4) is 0 Å². The largest absolute Gasteiger partial charge is 0.494 e. The lowest BCUT2D eigenvalue weighted by Gasteiger charge is -2.08. The first-order valence-corrected chi connectivity index (χ1v) is 6.25. The molecule has 3 nitrogen and oxygen atoms in total. The van der Waals surface area contributed by atoms with Crippen LogP contribution in [0.1, 0.15) is 28.4 Å². The number of aryl methyl sites for hydroxylation is 1. The SMILES string of the molecule is CCOc1ccc(C(=O)c2ccc(N)cc2)cc1C. The first-order valence-electron chi connectivity index (χ1n) is 6.25. The summed E-state index contributed by atoms with van der Waals surface area (Å²) in [4.78, 5) is 12.3. The van der Waals surface area contributed by atoms with Gasteiger partial charge in [0.2, 0.25) is 0 Å². The van der Waals surface area contributed by atoms with Crippen LogP contribution in [0.25, 0.3) is 0 Å². The second-order valence-corrected chi connectivity index (χ2v) is 4.36. The Hall–Kier alpha value is -2.29. The Balaban J connectivity index is 2.29. The van der Waals surface area contributed by atoms with Gasteiger partial charge in [-0.3, -0.25) is 4.79 Å². The summed E-state index contributed by atoms with van der Waals surface area (Å²) in [5.74, 6) is 0.808. The van der Waals surface area contributed by atoms with Crippen molar-refractivity contribution in [2.75, 3.05) is 12.3 Å². The fraction of sp³-hybridized carbons (Fsp3) is 0.188. The first kappa shape index (κ1) is 13.1. The Morgan fingerprint density at radius 1 is 1.11 bits per heavy atom. The van der Waals surface area contributed by atoms with E-state index < -0.39 is 0 Å². The minimum absolute atomic E-state index is 0.00820. The zero-order chi connectivity index (χ0) is 13.8. The molecule has 19 heavy (non-hydrogen) atoms. The minimum Gasteiger partial charge on any atom is -0.494 e. The molecule has 0 aromatic heterocycles. The Morgan fingerprint density at radius 3 is 2.32 bits per heavy atom. The number of ether oxygens (including phenoxy) is 1. The van der Waals surface area contributed by atoms with Gasteiger partial charge in [0.15, 0.2) is 5.78 Å². The van der Waals surface area contributed by atoms with Gasteiger partial charge < -0.3 is 10.5 Å². The molecule has 0 saturated carbocycles. The molecule has 2 N–H and O–H groups in total. The second kappa shape index (κ2) is 5.57. The summed E-state index contributed by atoms with van der Waals surface area (Å²) in [6.07, 6.45) is 0. The van der Waals surface area contributed by atoms with Crippen molar-refractivity contribution >= 4 is 11.5 Å². The predicted molar refractivity (Wildman–Crippen MR) is 76.6 cm³/mol. The van der Waals surface area contributed by atoms with Crippen LogP contribution < -0.4 is 10.5 Å². The van der Waals surface area contributed by atoms with Crippen LogP contribution in [0.2, 0.25) is 0 Å². The molecule has 3 heteroatoms. The maximum atomic E-state index is 12.3. The van der Waals surface area contributed by atoms with Gasteiger partial charge in [-0.25, -0.2) is 0 Å². The maximum absolute atomic E-state index is 12.3. The molecule has 0 aliphatic heterocycles. The Kier molecular flexibility index (Phi) is 3.85. The number of hydrogen-bond donors (Lipinski definition) is 1. The zero-order valence-corrected chi connectivity index (χ0v) is 11.1. The van der Waals surface area contributed by atoms with Crippen LogP contribution in [0.5, 0.6) is 5.75 Å². The summed E-state index contributed by atoms with van der Waals surface area (Å²) in [5.41, 5.74) is 8.52. The van der Waals surface area contributed by atoms with Gasteiger partial charge in [0.25, 0.3) is 0 Å². The highest BCUT2D eigenvalue weighted by Gasteiger charge is 2.10. The third-order valence-electron chi connectivity index (χ3n) is 2.91. The van der Waals surface area contributed by atoms with E-state index in [1.54, 1.807) is 30.3 Å². The van der Waals surface area contributed by atoms with Gasteiger partial charge in [-0.1, -0.05) is 0 Å². The molecule has 0 amide bonds. The zero-order valence-electron chi connectivity index (χ0n) is 11.1. The van der Waals surface area contributed by atoms with E-state index in [1.807, 2.05) is 26.0 Å². The summed E-state index contributed by atoms with van der Waals surface area (Å²) in [5, 5.41) is 0. The molecule has 2 aromatic rings. The van der Waals surface area contributed by atoms with Crippen molar-refractivity contribution in [3.8, 4) is 5.75 Å². The number of anilines is 1. The van der Waals surface area contributed by atoms with Gasteiger partial charge in [0.1, 0.15) is 5.75 Å². The molecule has 0 unspecified atom stereocenters. The molecule has 0 saturated heterocycles. The summed E-state index contributed by atoms with van der Waals surface area (Å²) >= 11 is 0. The number of carbonyl (C=O) groups excluding carboxylic acids is 1. The van der Waals surface area contributed by atoms with E-state index in [9.17, 15) is 4.79 Å². The van der Waals surface area contributed by atoms with E-state index in [0.29, 0.717) is 23.4 Å². The summed E-state index contributed by atoms with van der Waals surface area (Å²) in [6, 6.07) is 12.4. The van der Waals surface area contributed by atoms with Crippen molar-refractivity contribution in [1.82, 2.24) is 0 Å². The molecule has 0 aliphatic rings. The average Bonchev–Trinajstić information content (AvgIpc) is 2.41. The monoisotopic (exact) mass is 255 g/mol. The molecule has 0 fully saturated rings. The van der Waals surface area contributed by atoms with Gasteiger partial charge in [-0.2, -0.15) is 0 Å². The number of hydrogen-bond acceptors (Lipinski definition) is 3. The molecular weight excluding hydrogens is 238 g/mol. The normalized spacial score (nSPS) is 10.2. The quantitative estimate of drug-likeness (QED) is 0.674. The molecule has 0 spiro atoms. The predicted octanol–water partition coefficient (Wildman–Crippen LogP) is 3.21. The number of ketones is 1. The van der Waals surface area contributed by atoms with Crippen molar-refractivity contribution in [2.45, 2.75) is 13.8 Å². The molecular formula is C16H17NO2. The molecule has 0 atom stereocenters. The molecule has 98 valence electrons. The molecule has 0 bridgehead atoms. The van der Waals surface area contributed by atoms with Crippen LogP contribution in [0.4, 0.5) is 5.69 Å². The molecule has 2 aromatic carbocycles. The van der Waals surface area contributed by atoms with Crippen molar-refractivity contribution in [3.63, 3.8) is 0 Å². The van der Waals surface area contributed by atoms with Crippen LogP contribution in [-0.2, 0) is 0 Å². The topological polar surface area (TPSA) is 52.3 Å². The highest BCUT2D eigenvalue weighted by atomic mass is 16.5. The van der Waals surface area contributed by atoms with Gasteiger partial charge >= 0.3 is 0 Å². The molecule has 0 aliphatic carbocycles. The van der Waals surface area contributed by atoms with E-state index in [0.717, 1.165) is 11.3 Å². The van der Waals surface area contributed by atoms with Crippen LogP contribution >= 0.6 is 0 Å². The van der Waals surface area contributed by atoms with Crippen molar-refractivity contribution in [1.29, 1.82) is 0 Å². The highest BCUT2D eigenvalue weighted by Crippen LogP contribution is 2.21. The fourth-order valence-corrected chi connectivity index (χ4v) is 1.91. The molecule has 2 rings (SSSR count). The standard InChI is InChI=1S/C16H17NO2/c1-3-19-15-9-6-13(10-11(15)2)16(18)12-4-7-14(17)8-5-12/h4-10H,3,17H2,1-2H3. The second-order valence-electron chi connectivity index (χ2n) is 4.36. The summed E-state index contributed by atoms with van der Waals surface area (Å²) in [6.45, 7) is 4.49. The Morgan fingerprint density at radius 2 is 1.74 bits per heavy atom. The van der Waals surface area contributed by atoms with E-state index in [2.05, 4.69) is 0 Å². The molecule has 0 heterocycles. The lowest BCUT2D eigenvalue weighted by molar-refractivity contribution is 0.103. The van der Waals surface area contributed by atoms with Crippen LogP contribution in [-0.4, -0.2) is 12.4 Å². The van der Waals surface area contributed by atoms with E-state index in [4.69, 9.17) is 10.5 Å². The number of nitrogen functional groups attached to an aromatic ring is 1. The third-order valence-corrected chi connectivity index (χ3v) is 2.91. The Bertz CT molecular complexity index is 588. The van der Waals surface area contributed by atoms with Gasteiger partial charge in [0, 0.05) is 16.8 Å². The molecule has 0 radical (unpaired) electrons. The van der Waals surface area contributed by atoms with Gasteiger partial charge in [-0.05, 0) is 61.9 Å². The number of benzene rings is 2. The average molecular weight is 255 g/mol. The van der Waals surface area contributed by atoms with Crippen LogP contribution in [0, 0.1) is 6.92 Å². The highest BCUT2D eigenvalue weighted by molar-refractivity contribution is 6.09. The first-order chi connectivity index (χ1) is 9.11. The van der Waals surface area contributed by atoms with E-state index in [-0.39, 0.29) is 5.78 Å². The maximum Gasteiger partial charge on any atom is 0.193 e. The summed E-state index contributed by atoms with van der Waals surface area (Å²) < 4.78 is 5.46. The van der Waals surface area contributed by atoms with E-state index >= 15 is 0 Å². The minimum atomic E-state index is -0.00820. The summed E-state index contributed by atoms with van der Waals surface area (Å²) in [7, 11) is 0. The fourth-order valence-electron chi connectivity index (χ4n) is 1.91. The van der Waals surface area contributed by atoms with Crippen molar-refractivity contribution < 1.29 is 9.53 Å². The lowest BCUT2D eigenvalue weighted by Crippen LogP contribution is -2.03. The number of rotatable bonds is 4. The van der Waals surface area contributed by atoms with Crippen molar-refractivity contribution in [3.05, 3.63) is 59.2 Å².